The Morgan fingerprint density at radius 2 is 2.50 bits per heavy atom. The molecular formula is C6H9BS. The second-order valence-electron chi connectivity index (χ2n) is 1.87. The van der Waals surface area contributed by atoms with Crippen LogP contribution in [0.4, 0.5) is 0 Å². The van der Waals surface area contributed by atoms with Gasteiger partial charge < -0.3 is 0 Å². The van der Waals surface area contributed by atoms with E-state index in [1.54, 1.807) is 0 Å². The van der Waals surface area contributed by atoms with Gasteiger partial charge in [0.15, 0.2) is 0 Å². The average molecular weight is 124 g/mol. The third-order valence-corrected chi connectivity index (χ3v) is 2.29. The Labute approximate surface area is 54.8 Å². The molecule has 0 aliphatic carbocycles. The summed E-state index contributed by atoms with van der Waals surface area (Å²) in [5, 5.41) is 0. The standard InChI is InChI=1S/C6H9BS/c1-3-6-7-4-5(2)8-6/h4H,3H2,1-2H3. The summed E-state index contributed by atoms with van der Waals surface area (Å²) in [7, 11) is 0. The molecule has 0 saturated carbocycles. The molecule has 0 aliphatic rings. The summed E-state index contributed by atoms with van der Waals surface area (Å²) in [5.74, 6) is 2.17. The van der Waals surface area contributed by atoms with Crippen molar-refractivity contribution in [3.05, 3.63) is 15.6 Å². The van der Waals surface area contributed by atoms with E-state index in [2.05, 4.69) is 26.7 Å². The first-order chi connectivity index (χ1) is 3.83. The van der Waals surface area contributed by atoms with Crippen LogP contribution in [0.1, 0.15) is 16.6 Å². The summed E-state index contributed by atoms with van der Waals surface area (Å²) in [6.07, 6.45) is 1.18. The topological polar surface area (TPSA) is 0 Å². The third-order valence-electron chi connectivity index (χ3n) is 1.14. The number of hydrogen-bond acceptors (Lipinski definition) is 1. The molecule has 0 nitrogen and oxygen atoms in total. The summed E-state index contributed by atoms with van der Waals surface area (Å²) in [6, 6.07) is 0. The van der Waals surface area contributed by atoms with Crippen molar-refractivity contribution in [2.75, 3.05) is 0 Å². The van der Waals surface area contributed by atoms with E-state index in [1.807, 2.05) is 11.3 Å². The molecule has 0 N–H and O–H groups in total. The Balaban J connectivity index is 2.84. The molecule has 0 unspecified atom stereocenters. The van der Waals surface area contributed by atoms with Gasteiger partial charge in [-0.25, -0.2) is 0 Å². The van der Waals surface area contributed by atoms with E-state index in [-0.39, 0.29) is 0 Å². The fourth-order valence-electron chi connectivity index (χ4n) is 0.675. The minimum absolute atomic E-state index is 1.18. The summed E-state index contributed by atoms with van der Waals surface area (Å²) >= 11 is 1.89. The fourth-order valence-corrected chi connectivity index (χ4v) is 1.51. The van der Waals surface area contributed by atoms with E-state index in [4.69, 9.17) is 0 Å². The van der Waals surface area contributed by atoms with Gasteiger partial charge in [-0.2, -0.15) is 0 Å². The van der Waals surface area contributed by atoms with Gasteiger partial charge in [0, 0.05) is 0 Å². The second kappa shape index (κ2) is 2.45. The molecule has 0 fully saturated rings. The molecule has 42 valence electrons. The normalized spacial score (nSPS) is 9.25. The van der Waals surface area contributed by atoms with Gasteiger partial charge in [-0.05, 0) is 0 Å². The number of hydrogen-bond donors (Lipinski definition) is 0. The fraction of sp³-hybridized carbons (Fsp3) is 0.500. The predicted octanol–water partition coefficient (Wildman–Crippen LogP) is 1.96. The van der Waals surface area contributed by atoms with Crippen molar-refractivity contribution in [3.8, 4) is 0 Å². The van der Waals surface area contributed by atoms with Crippen molar-refractivity contribution < 1.29 is 0 Å². The maximum absolute atomic E-state index is 2.19. The summed E-state index contributed by atoms with van der Waals surface area (Å²) in [4.78, 5) is 1.42. The van der Waals surface area contributed by atoms with Gasteiger partial charge in [0.25, 0.3) is 0 Å². The van der Waals surface area contributed by atoms with Crippen LogP contribution >= 0.6 is 11.3 Å². The zero-order valence-electron chi connectivity index (χ0n) is 5.27. The molecule has 1 heterocycles. The molecule has 1 aromatic heterocycles. The Bertz CT molecular complexity index is 169. The molecule has 0 amide bonds. The molecule has 1 rings (SSSR count). The van der Waals surface area contributed by atoms with Crippen LogP contribution < -0.4 is 0 Å². The van der Waals surface area contributed by atoms with E-state index < -0.39 is 0 Å². The van der Waals surface area contributed by atoms with E-state index in [9.17, 15) is 0 Å². The zero-order valence-corrected chi connectivity index (χ0v) is 6.09. The molecule has 0 bridgehead atoms. The van der Waals surface area contributed by atoms with Crippen LogP contribution in [0.5, 0.6) is 0 Å². The number of aryl methyl sites for hydroxylation is 2. The predicted molar refractivity (Wildman–Crippen MR) is 39.8 cm³/mol. The Morgan fingerprint density at radius 3 is 2.75 bits per heavy atom. The molecule has 0 spiro atoms. The first kappa shape index (κ1) is 6.02. The summed E-state index contributed by atoms with van der Waals surface area (Å²) < 4.78 is 1.49. The van der Waals surface area contributed by atoms with Crippen LogP contribution in [0.15, 0.2) is 5.96 Å². The summed E-state index contributed by atoms with van der Waals surface area (Å²) in [5.41, 5.74) is 0. The van der Waals surface area contributed by atoms with Crippen molar-refractivity contribution in [1.29, 1.82) is 0 Å². The van der Waals surface area contributed by atoms with Crippen LogP contribution in [0.25, 0.3) is 0 Å². The van der Waals surface area contributed by atoms with Gasteiger partial charge in [0.1, 0.15) is 0 Å². The quantitative estimate of drug-likeness (QED) is 0.536. The average Bonchev–Trinajstić information content (AvgIpc) is 2.14. The van der Waals surface area contributed by atoms with Crippen molar-refractivity contribution in [1.82, 2.24) is 0 Å². The van der Waals surface area contributed by atoms with Crippen molar-refractivity contribution in [2.24, 2.45) is 0 Å². The van der Waals surface area contributed by atoms with Crippen LogP contribution in [-0.4, -0.2) is 6.91 Å². The van der Waals surface area contributed by atoms with Gasteiger partial charge in [-0.15, -0.1) is 0 Å². The van der Waals surface area contributed by atoms with Gasteiger partial charge in [-0.3, -0.25) is 0 Å². The summed E-state index contributed by atoms with van der Waals surface area (Å²) in [6.45, 7) is 6.52. The molecule has 0 aromatic carbocycles. The SMILES string of the molecule is CCc1bcc(C)s1. The zero-order chi connectivity index (χ0) is 5.98. The second-order valence-corrected chi connectivity index (χ2v) is 3.24. The molecule has 0 atom stereocenters. The van der Waals surface area contributed by atoms with E-state index in [0.717, 1.165) is 0 Å². The van der Waals surface area contributed by atoms with Crippen LogP contribution in [0.3, 0.4) is 0 Å². The first-order valence-electron chi connectivity index (χ1n) is 2.88. The molecule has 0 aliphatic heterocycles. The van der Waals surface area contributed by atoms with Crippen molar-refractivity contribution in [2.45, 2.75) is 20.3 Å². The molecule has 2 heteroatoms. The van der Waals surface area contributed by atoms with Gasteiger partial charge >= 0.3 is 54.1 Å². The Morgan fingerprint density at radius 1 is 1.75 bits per heavy atom. The first-order valence-corrected chi connectivity index (χ1v) is 3.70. The van der Waals surface area contributed by atoms with E-state index in [1.165, 1.54) is 16.1 Å². The van der Waals surface area contributed by atoms with Crippen LogP contribution in [0.2, 0.25) is 0 Å². The van der Waals surface area contributed by atoms with Crippen LogP contribution in [0, 0.1) is 6.92 Å². The van der Waals surface area contributed by atoms with Crippen molar-refractivity contribution in [3.63, 3.8) is 0 Å². The third kappa shape index (κ3) is 1.19. The molecule has 1 aromatic rings. The Kier molecular flexibility index (Phi) is 1.84. The monoisotopic (exact) mass is 124 g/mol. The molecule has 8 heavy (non-hydrogen) atoms. The maximum atomic E-state index is 2.19. The Hall–Kier alpha value is -0.105. The van der Waals surface area contributed by atoms with E-state index in [0.29, 0.717) is 0 Å². The molecule has 0 saturated heterocycles. The molecule has 0 radical (unpaired) electrons. The van der Waals surface area contributed by atoms with Crippen molar-refractivity contribution >= 4 is 18.2 Å². The van der Waals surface area contributed by atoms with Crippen LogP contribution in [-0.2, 0) is 6.42 Å². The number of rotatable bonds is 1. The minimum atomic E-state index is 1.18. The van der Waals surface area contributed by atoms with Gasteiger partial charge in [0.05, 0.1) is 0 Å². The van der Waals surface area contributed by atoms with Gasteiger partial charge in [-0.1, -0.05) is 0 Å². The van der Waals surface area contributed by atoms with E-state index >= 15 is 0 Å². The van der Waals surface area contributed by atoms with Gasteiger partial charge in [0.2, 0.25) is 0 Å². The molecular weight excluding hydrogens is 115 g/mol.